The monoisotopic (exact) mass is 709 g/mol. The number of hydrogen-bond donors (Lipinski definition) is 1. The molecular weight excluding hydrogens is 666 g/mol. The summed E-state index contributed by atoms with van der Waals surface area (Å²) in [6, 6.07) is 27.0. The van der Waals surface area contributed by atoms with Crippen molar-refractivity contribution in [2.45, 2.75) is 83.9 Å². The zero-order valence-electron chi connectivity index (χ0n) is 29.9. The molecule has 4 aromatic carbocycles. The minimum Gasteiger partial charge on any atom is -0.457 e. The van der Waals surface area contributed by atoms with Crippen molar-refractivity contribution in [2.75, 3.05) is 0 Å². The van der Waals surface area contributed by atoms with Gasteiger partial charge in [-0.15, -0.1) is 0 Å². The average molecular weight is 710 g/mol. The Hall–Kier alpha value is -4.93. The van der Waals surface area contributed by atoms with E-state index in [0.717, 1.165) is 6.42 Å². The number of aryl methyl sites for hydroxylation is 1. The third kappa shape index (κ3) is 8.69. The summed E-state index contributed by atoms with van der Waals surface area (Å²) < 4.78 is 52.8. The minimum atomic E-state index is -3.95. The van der Waals surface area contributed by atoms with Gasteiger partial charge >= 0.3 is 5.97 Å². The van der Waals surface area contributed by atoms with Crippen LogP contribution in [0, 0.1) is 5.82 Å². The highest BCUT2D eigenvalue weighted by molar-refractivity contribution is 7.89. The first kappa shape index (κ1) is 37.3. The van der Waals surface area contributed by atoms with E-state index < -0.39 is 27.3 Å². The smallest absolute Gasteiger partial charge is 0.342 e. The molecule has 10 heteroatoms. The number of rotatable bonds is 13. The Morgan fingerprint density at radius 1 is 0.902 bits per heavy atom. The van der Waals surface area contributed by atoms with Gasteiger partial charge in [0.15, 0.2) is 5.78 Å². The Labute approximate surface area is 299 Å². The molecule has 0 aliphatic heterocycles. The number of hydrogen-bond acceptors (Lipinski definition) is 6. The zero-order valence-corrected chi connectivity index (χ0v) is 30.7. The van der Waals surface area contributed by atoms with Crippen LogP contribution in [0.5, 0.6) is 0 Å². The van der Waals surface area contributed by atoms with Gasteiger partial charge in [0.2, 0.25) is 10.0 Å². The molecule has 5 aromatic rings. The molecule has 0 atom stereocenters. The zero-order chi connectivity index (χ0) is 36.9. The molecule has 0 saturated heterocycles. The van der Waals surface area contributed by atoms with Crippen LogP contribution in [0.25, 0.3) is 11.1 Å². The summed E-state index contributed by atoms with van der Waals surface area (Å²) in [5, 5.41) is 4.81. The third-order valence-corrected chi connectivity index (χ3v) is 10.1. The fraction of sp³-hybridized carbons (Fsp3) is 0.293. The van der Waals surface area contributed by atoms with Crippen molar-refractivity contribution >= 4 is 21.8 Å². The number of carbonyl (C=O) groups is 2. The maximum Gasteiger partial charge on any atom is 0.342 e. The average Bonchev–Trinajstić information content (AvgIpc) is 3.44. The van der Waals surface area contributed by atoms with Gasteiger partial charge in [0.05, 0.1) is 16.3 Å². The molecule has 0 aliphatic rings. The molecule has 0 fully saturated rings. The third-order valence-electron chi connectivity index (χ3n) is 8.24. The predicted octanol–water partition coefficient (Wildman–Crippen LogP) is 8.48. The van der Waals surface area contributed by atoms with Crippen molar-refractivity contribution in [3.63, 3.8) is 0 Å². The summed E-state index contributed by atoms with van der Waals surface area (Å²) in [6.07, 6.45) is 0.923. The number of nitrogens with one attached hydrogen (secondary N) is 1. The van der Waals surface area contributed by atoms with Gasteiger partial charge in [-0.1, -0.05) is 106 Å². The number of nitrogens with zero attached hydrogens (tertiary/aromatic N) is 2. The van der Waals surface area contributed by atoms with Crippen LogP contribution in [-0.2, 0) is 34.3 Å². The first-order valence-corrected chi connectivity index (χ1v) is 18.5. The van der Waals surface area contributed by atoms with E-state index >= 15 is 4.39 Å². The molecule has 266 valence electrons. The second-order valence-corrected chi connectivity index (χ2v) is 15.5. The van der Waals surface area contributed by atoms with Gasteiger partial charge in [0.25, 0.3) is 0 Å². The van der Waals surface area contributed by atoms with E-state index in [4.69, 9.17) is 9.84 Å². The maximum atomic E-state index is 16.0. The van der Waals surface area contributed by atoms with E-state index in [0.29, 0.717) is 45.7 Å². The van der Waals surface area contributed by atoms with Crippen LogP contribution in [0.2, 0.25) is 0 Å². The number of halogens is 1. The lowest BCUT2D eigenvalue weighted by molar-refractivity contribution is 0.0467. The van der Waals surface area contributed by atoms with Gasteiger partial charge in [0, 0.05) is 46.3 Å². The predicted molar refractivity (Wildman–Crippen MR) is 197 cm³/mol. The lowest BCUT2D eigenvalue weighted by atomic mass is 9.97. The van der Waals surface area contributed by atoms with Crippen molar-refractivity contribution in [2.24, 2.45) is 0 Å². The molecule has 0 radical (unpaired) electrons. The summed E-state index contributed by atoms with van der Waals surface area (Å²) >= 11 is 0. The molecule has 8 nitrogen and oxygen atoms in total. The number of ketones is 1. The molecule has 1 heterocycles. The minimum absolute atomic E-state index is 0.0220. The van der Waals surface area contributed by atoms with E-state index in [2.05, 4.69) is 4.72 Å². The molecule has 0 spiro atoms. The SMILES string of the molecule is CCCn1nc(C(C)C)c(C(=O)OCc2ccccc2C(=O)c2ccccc2)c1Cc1ccc(-c2ccccc2S(=O)(=O)NC(C)(C)C)c(F)c1. The Balaban J connectivity index is 1.47. The van der Waals surface area contributed by atoms with Gasteiger partial charge in [-0.2, -0.15) is 5.10 Å². The van der Waals surface area contributed by atoms with Crippen LogP contribution in [0.15, 0.2) is 102 Å². The topological polar surface area (TPSA) is 107 Å². The summed E-state index contributed by atoms with van der Waals surface area (Å²) in [5.41, 5.74) is 3.26. The molecule has 0 amide bonds. The fourth-order valence-electron chi connectivity index (χ4n) is 6.01. The van der Waals surface area contributed by atoms with Crippen LogP contribution in [0.4, 0.5) is 4.39 Å². The normalized spacial score (nSPS) is 11.9. The maximum absolute atomic E-state index is 16.0. The van der Waals surface area contributed by atoms with Crippen molar-refractivity contribution in [3.05, 3.63) is 142 Å². The van der Waals surface area contributed by atoms with Gasteiger partial charge in [-0.25, -0.2) is 22.3 Å². The van der Waals surface area contributed by atoms with Gasteiger partial charge in [0.1, 0.15) is 18.0 Å². The van der Waals surface area contributed by atoms with Gasteiger partial charge in [-0.3, -0.25) is 9.48 Å². The summed E-state index contributed by atoms with van der Waals surface area (Å²) in [6.45, 7) is 11.5. The molecule has 0 unspecified atom stereocenters. The Kier molecular flexibility index (Phi) is 11.4. The summed E-state index contributed by atoms with van der Waals surface area (Å²) in [7, 11) is -3.95. The highest BCUT2D eigenvalue weighted by atomic mass is 32.2. The first-order valence-electron chi connectivity index (χ1n) is 17.1. The number of aromatic nitrogens is 2. The van der Waals surface area contributed by atoms with Crippen molar-refractivity contribution < 1.29 is 27.1 Å². The van der Waals surface area contributed by atoms with Crippen molar-refractivity contribution in [1.82, 2.24) is 14.5 Å². The van der Waals surface area contributed by atoms with E-state index in [-0.39, 0.29) is 40.8 Å². The Bertz CT molecular complexity index is 2150. The van der Waals surface area contributed by atoms with Crippen LogP contribution >= 0.6 is 0 Å². The Morgan fingerprint density at radius 3 is 2.24 bits per heavy atom. The van der Waals surface area contributed by atoms with E-state index in [9.17, 15) is 18.0 Å². The quantitative estimate of drug-likeness (QED) is 0.0971. The Morgan fingerprint density at radius 2 is 1.57 bits per heavy atom. The van der Waals surface area contributed by atoms with Crippen LogP contribution in [0.1, 0.15) is 103 Å². The van der Waals surface area contributed by atoms with Gasteiger partial charge < -0.3 is 4.74 Å². The number of ether oxygens (including phenoxy) is 1. The molecule has 5 rings (SSSR count). The molecule has 1 aromatic heterocycles. The van der Waals surface area contributed by atoms with Crippen molar-refractivity contribution in [3.8, 4) is 11.1 Å². The number of benzene rings is 4. The van der Waals surface area contributed by atoms with Gasteiger partial charge in [-0.05, 0) is 50.8 Å². The standard InChI is InChI=1S/C41H44FN3O5S/c1-7-23-45-35(25-28-21-22-32(34(42)24-28)33-19-13-14-20-36(33)51(48,49)44-41(4,5)6)37(38(43-45)27(2)3)40(47)50-26-30-17-11-12-18-31(30)39(46)29-15-9-8-10-16-29/h8-22,24,27,44H,7,23,25-26H2,1-6H3. The first-order chi connectivity index (χ1) is 24.2. The van der Waals surface area contributed by atoms with Crippen molar-refractivity contribution in [1.29, 1.82) is 0 Å². The lowest BCUT2D eigenvalue weighted by Crippen LogP contribution is -2.40. The highest BCUT2D eigenvalue weighted by Gasteiger charge is 2.29. The van der Waals surface area contributed by atoms with E-state index in [1.807, 2.05) is 26.8 Å². The second-order valence-electron chi connectivity index (χ2n) is 13.9. The molecule has 0 saturated carbocycles. The van der Waals surface area contributed by atoms with Crippen LogP contribution in [0.3, 0.4) is 0 Å². The number of sulfonamides is 1. The molecule has 1 N–H and O–H groups in total. The lowest BCUT2D eigenvalue weighted by Gasteiger charge is -2.21. The van der Waals surface area contributed by atoms with Crippen LogP contribution in [-0.4, -0.2) is 35.5 Å². The van der Waals surface area contributed by atoms with E-state index in [1.165, 1.54) is 12.1 Å². The summed E-state index contributed by atoms with van der Waals surface area (Å²) in [4.78, 5) is 27.2. The molecule has 0 bridgehead atoms. The largest absolute Gasteiger partial charge is 0.457 e. The highest BCUT2D eigenvalue weighted by Crippen LogP contribution is 2.32. The molecule has 0 aliphatic carbocycles. The number of carbonyl (C=O) groups excluding carboxylic acids is 2. The molecular formula is C41H44FN3O5S. The summed E-state index contributed by atoms with van der Waals surface area (Å²) in [5.74, 6) is -1.46. The molecule has 51 heavy (non-hydrogen) atoms. The number of esters is 1. The van der Waals surface area contributed by atoms with E-state index in [1.54, 1.807) is 104 Å². The second kappa shape index (κ2) is 15.5. The van der Waals surface area contributed by atoms with Crippen LogP contribution < -0.4 is 4.72 Å². The fourth-order valence-corrected chi connectivity index (χ4v) is 7.65.